The first-order valence-corrected chi connectivity index (χ1v) is 9.80. The van der Waals surface area contributed by atoms with E-state index in [0.717, 1.165) is 0 Å². The molecule has 140 valence electrons. The summed E-state index contributed by atoms with van der Waals surface area (Å²) < 4.78 is 46.8. The predicted octanol–water partition coefficient (Wildman–Crippen LogP) is 2.74. The molecule has 2 aromatic rings. The van der Waals surface area contributed by atoms with Crippen molar-refractivity contribution in [1.29, 1.82) is 0 Å². The summed E-state index contributed by atoms with van der Waals surface area (Å²) in [5.41, 5.74) is 0.668. The zero-order valence-corrected chi connectivity index (χ0v) is 15.7. The Hall–Kier alpha value is -2.32. The van der Waals surface area contributed by atoms with Crippen molar-refractivity contribution in [3.63, 3.8) is 0 Å². The van der Waals surface area contributed by atoms with Gasteiger partial charge in [-0.15, -0.1) is 0 Å². The number of carbonyl (C=O) groups excluding carboxylic acids is 1. The first kappa shape index (κ1) is 20.0. The highest BCUT2D eigenvalue weighted by Gasteiger charge is 2.20. The van der Waals surface area contributed by atoms with Gasteiger partial charge < -0.3 is 14.8 Å². The van der Waals surface area contributed by atoms with Crippen LogP contribution in [0.15, 0.2) is 41.3 Å². The molecule has 0 spiro atoms. The lowest BCUT2D eigenvalue weighted by Gasteiger charge is -2.13. The van der Waals surface area contributed by atoms with Crippen LogP contribution >= 0.6 is 10.7 Å². The summed E-state index contributed by atoms with van der Waals surface area (Å²) in [6, 6.07) is 7.85. The molecule has 0 saturated carbocycles. The zero-order chi connectivity index (χ0) is 19.3. The van der Waals surface area contributed by atoms with Crippen LogP contribution in [-0.4, -0.2) is 35.1 Å². The molecule has 0 radical (unpaired) electrons. The SMILES string of the molecule is COc1cc(CCNC(=O)c2ccc(F)cc2)c(S(=O)(=O)Cl)cc1OC. The molecule has 0 bridgehead atoms. The normalized spacial score (nSPS) is 11.1. The van der Waals surface area contributed by atoms with Gasteiger partial charge in [0.2, 0.25) is 0 Å². The maximum absolute atomic E-state index is 12.9. The highest BCUT2D eigenvalue weighted by Crippen LogP contribution is 2.34. The number of carbonyl (C=O) groups is 1. The van der Waals surface area contributed by atoms with Gasteiger partial charge in [0.05, 0.1) is 19.1 Å². The molecule has 26 heavy (non-hydrogen) atoms. The number of hydrogen-bond acceptors (Lipinski definition) is 5. The van der Waals surface area contributed by atoms with E-state index >= 15 is 0 Å². The van der Waals surface area contributed by atoms with Crippen LogP contribution in [0.5, 0.6) is 11.5 Å². The molecule has 0 atom stereocenters. The van der Waals surface area contributed by atoms with Gasteiger partial charge in [-0.3, -0.25) is 4.79 Å². The largest absolute Gasteiger partial charge is 0.493 e. The fourth-order valence-corrected chi connectivity index (χ4v) is 3.49. The quantitative estimate of drug-likeness (QED) is 0.721. The van der Waals surface area contributed by atoms with E-state index in [1.165, 1.54) is 50.6 Å². The van der Waals surface area contributed by atoms with E-state index in [2.05, 4.69) is 5.32 Å². The second-order valence-corrected chi connectivity index (χ2v) is 7.80. The summed E-state index contributed by atoms with van der Waals surface area (Å²) in [5, 5.41) is 2.64. The lowest BCUT2D eigenvalue weighted by atomic mass is 10.1. The van der Waals surface area contributed by atoms with Crippen molar-refractivity contribution in [2.75, 3.05) is 20.8 Å². The van der Waals surface area contributed by atoms with E-state index in [1.807, 2.05) is 0 Å². The van der Waals surface area contributed by atoms with E-state index in [4.69, 9.17) is 20.2 Å². The van der Waals surface area contributed by atoms with E-state index in [1.54, 1.807) is 0 Å². The highest BCUT2D eigenvalue weighted by molar-refractivity contribution is 8.13. The van der Waals surface area contributed by atoms with Crippen LogP contribution in [0.3, 0.4) is 0 Å². The van der Waals surface area contributed by atoms with Crippen molar-refractivity contribution in [3.8, 4) is 11.5 Å². The first-order chi connectivity index (χ1) is 12.3. The molecule has 0 heterocycles. The minimum atomic E-state index is -4.02. The van der Waals surface area contributed by atoms with Crippen LogP contribution in [0.25, 0.3) is 0 Å². The Morgan fingerprint density at radius 3 is 2.23 bits per heavy atom. The van der Waals surface area contributed by atoms with Crippen molar-refractivity contribution >= 4 is 25.6 Å². The Bertz CT molecular complexity index is 900. The maximum atomic E-state index is 12.9. The van der Waals surface area contributed by atoms with Gasteiger partial charge in [-0.1, -0.05) is 0 Å². The monoisotopic (exact) mass is 401 g/mol. The second kappa shape index (κ2) is 8.37. The average molecular weight is 402 g/mol. The highest BCUT2D eigenvalue weighted by atomic mass is 35.7. The smallest absolute Gasteiger partial charge is 0.261 e. The summed E-state index contributed by atoms with van der Waals surface area (Å²) >= 11 is 0. The summed E-state index contributed by atoms with van der Waals surface area (Å²) in [6.45, 7) is 0.144. The third-order valence-corrected chi connectivity index (χ3v) is 5.02. The maximum Gasteiger partial charge on any atom is 0.261 e. The molecule has 0 unspecified atom stereocenters. The molecule has 0 saturated heterocycles. The van der Waals surface area contributed by atoms with Crippen LogP contribution in [-0.2, 0) is 15.5 Å². The number of hydrogen-bond donors (Lipinski definition) is 1. The summed E-state index contributed by atoms with van der Waals surface area (Å²) in [4.78, 5) is 11.9. The Balaban J connectivity index is 2.17. The summed E-state index contributed by atoms with van der Waals surface area (Å²) in [7, 11) is 4.28. The lowest BCUT2D eigenvalue weighted by Crippen LogP contribution is -2.26. The van der Waals surface area contributed by atoms with Crippen molar-refractivity contribution < 1.29 is 27.1 Å². The Morgan fingerprint density at radius 2 is 1.69 bits per heavy atom. The Morgan fingerprint density at radius 1 is 1.12 bits per heavy atom. The van der Waals surface area contributed by atoms with E-state index < -0.39 is 20.8 Å². The number of halogens is 2. The fourth-order valence-electron chi connectivity index (χ4n) is 2.34. The molecule has 0 fully saturated rings. The molecule has 0 aliphatic rings. The third-order valence-electron chi connectivity index (χ3n) is 3.62. The van der Waals surface area contributed by atoms with Crippen LogP contribution < -0.4 is 14.8 Å². The Labute approximate surface area is 155 Å². The first-order valence-electron chi connectivity index (χ1n) is 7.49. The van der Waals surface area contributed by atoms with Gasteiger partial charge in [-0.2, -0.15) is 0 Å². The lowest BCUT2D eigenvalue weighted by molar-refractivity contribution is 0.0954. The number of ether oxygens (including phenoxy) is 2. The van der Waals surface area contributed by atoms with Crippen LogP contribution in [0.1, 0.15) is 15.9 Å². The third kappa shape index (κ3) is 4.86. The number of benzene rings is 2. The van der Waals surface area contributed by atoms with Gasteiger partial charge in [0.25, 0.3) is 15.0 Å². The number of rotatable bonds is 7. The van der Waals surface area contributed by atoms with Crippen molar-refractivity contribution in [1.82, 2.24) is 5.32 Å². The molecular formula is C17H17ClFNO5S. The molecular weight excluding hydrogens is 385 g/mol. The molecule has 6 nitrogen and oxygen atoms in total. The molecule has 9 heteroatoms. The van der Waals surface area contributed by atoms with Gasteiger partial charge in [-0.05, 0) is 42.3 Å². The second-order valence-electron chi connectivity index (χ2n) is 5.27. The minimum Gasteiger partial charge on any atom is -0.493 e. The summed E-state index contributed by atoms with van der Waals surface area (Å²) in [6.07, 6.45) is 0.189. The molecule has 2 aromatic carbocycles. The standard InChI is InChI=1S/C17H17ClFNO5S/c1-24-14-9-12(16(26(18,22)23)10-15(14)25-2)7-8-20-17(21)11-3-5-13(19)6-4-11/h3-6,9-10H,7-8H2,1-2H3,(H,20,21). The van der Waals surface area contributed by atoms with Crippen molar-refractivity contribution in [2.45, 2.75) is 11.3 Å². The number of amides is 1. The minimum absolute atomic E-state index is 0.118. The zero-order valence-electron chi connectivity index (χ0n) is 14.1. The van der Waals surface area contributed by atoms with Gasteiger partial charge in [0.1, 0.15) is 5.82 Å². The van der Waals surface area contributed by atoms with Crippen molar-refractivity contribution in [2.24, 2.45) is 0 Å². The topological polar surface area (TPSA) is 81.7 Å². The molecule has 1 N–H and O–H groups in total. The summed E-state index contributed by atoms with van der Waals surface area (Å²) in [5.74, 6) is -0.271. The van der Waals surface area contributed by atoms with E-state index in [0.29, 0.717) is 16.9 Å². The molecule has 1 amide bonds. The molecule has 0 aliphatic carbocycles. The van der Waals surface area contributed by atoms with Crippen LogP contribution in [0, 0.1) is 5.82 Å². The van der Waals surface area contributed by atoms with E-state index in [9.17, 15) is 17.6 Å². The van der Waals surface area contributed by atoms with E-state index in [-0.39, 0.29) is 23.6 Å². The van der Waals surface area contributed by atoms with Gasteiger partial charge >= 0.3 is 0 Å². The number of methoxy groups -OCH3 is 2. The average Bonchev–Trinajstić information content (AvgIpc) is 2.60. The predicted molar refractivity (Wildman–Crippen MR) is 95.0 cm³/mol. The van der Waals surface area contributed by atoms with Crippen LogP contribution in [0.2, 0.25) is 0 Å². The van der Waals surface area contributed by atoms with Gasteiger partial charge in [-0.25, -0.2) is 12.8 Å². The molecule has 2 rings (SSSR count). The number of nitrogens with one attached hydrogen (secondary N) is 1. The van der Waals surface area contributed by atoms with Gasteiger partial charge in [0, 0.05) is 28.9 Å². The van der Waals surface area contributed by atoms with Crippen LogP contribution in [0.4, 0.5) is 4.39 Å². The molecule has 0 aliphatic heterocycles. The van der Waals surface area contributed by atoms with Crippen molar-refractivity contribution in [3.05, 3.63) is 53.3 Å². The fraction of sp³-hybridized carbons (Fsp3) is 0.235. The molecule has 0 aromatic heterocycles. The Kier molecular flexibility index (Phi) is 6.44. The van der Waals surface area contributed by atoms with Gasteiger partial charge in [0.15, 0.2) is 11.5 Å².